The van der Waals surface area contributed by atoms with E-state index in [0.717, 1.165) is 35.9 Å². The molecular weight excluding hydrogens is 326 g/mol. The van der Waals surface area contributed by atoms with Gasteiger partial charge in [-0.1, -0.05) is 24.3 Å². The SMILES string of the molecule is O=C(c1cccc2cccnc12)N(Cc1cccnc1)C[C@@H]1CCCO1. The molecule has 1 amide bonds. The molecule has 1 aliphatic heterocycles. The Hall–Kier alpha value is -2.79. The quantitative estimate of drug-likeness (QED) is 0.709. The van der Waals surface area contributed by atoms with Crippen LogP contribution in [-0.4, -0.2) is 40.0 Å². The first-order valence-electron chi connectivity index (χ1n) is 8.95. The van der Waals surface area contributed by atoms with Gasteiger partial charge in [0.25, 0.3) is 5.91 Å². The average Bonchev–Trinajstić information content (AvgIpc) is 3.20. The third-order valence-corrected chi connectivity index (χ3v) is 4.69. The predicted molar refractivity (Wildman–Crippen MR) is 99.7 cm³/mol. The first kappa shape index (κ1) is 16.7. The molecule has 5 nitrogen and oxygen atoms in total. The van der Waals surface area contributed by atoms with Crippen molar-refractivity contribution >= 4 is 16.8 Å². The first-order chi connectivity index (χ1) is 12.8. The van der Waals surface area contributed by atoms with Crippen molar-refractivity contribution in [1.29, 1.82) is 0 Å². The van der Waals surface area contributed by atoms with E-state index in [1.54, 1.807) is 18.6 Å². The molecule has 0 spiro atoms. The number of carbonyl (C=O) groups excluding carboxylic acids is 1. The summed E-state index contributed by atoms with van der Waals surface area (Å²) in [5.41, 5.74) is 2.38. The molecule has 26 heavy (non-hydrogen) atoms. The molecule has 1 fully saturated rings. The van der Waals surface area contributed by atoms with Gasteiger partial charge in [0, 0.05) is 43.7 Å². The molecule has 2 aromatic heterocycles. The molecule has 1 aliphatic rings. The van der Waals surface area contributed by atoms with Gasteiger partial charge < -0.3 is 9.64 Å². The van der Waals surface area contributed by atoms with E-state index in [2.05, 4.69) is 9.97 Å². The number of aromatic nitrogens is 2. The van der Waals surface area contributed by atoms with E-state index >= 15 is 0 Å². The van der Waals surface area contributed by atoms with Gasteiger partial charge in [-0.05, 0) is 36.6 Å². The number of amides is 1. The molecule has 1 aromatic carbocycles. The highest BCUT2D eigenvalue weighted by Crippen LogP contribution is 2.21. The molecule has 132 valence electrons. The summed E-state index contributed by atoms with van der Waals surface area (Å²) in [5.74, 6) is -0.0198. The van der Waals surface area contributed by atoms with Gasteiger partial charge in [-0.25, -0.2) is 0 Å². The fourth-order valence-electron chi connectivity index (χ4n) is 3.41. The van der Waals surface area contributed by atoms with Crippen molar-refractivity contribution in [3.8, 4) is 0 Å². The van der Waals surface area contributed by atoms with Crippen LogP contribution in [0.25, 0.3) is 10.9 Å². The number of para-hydroxylation sites is 1. The number of hydrogen-bond acceptors (Lipinski definition) is 4. The van der Waals surface area contributed by atoms with Gasteiger partial charge in [0.2, 0.25) is 0 Å². The Kier molecular flexibility index (Phi) is 4.88. The van der Waals surface area contributed by atoms with Crippen LogP contribution in [0.4, 0.5) is 0 Å². The Morgan fingerprint density at radius 2 is 2.04 bits per heavy atom. The van der Waals surface area contributed by atoms with Gasteiger partial charge in [0.15, 0.2) is 0 Å². The van der Waals surface area contributed by atoms with Crippen LogP contribution < -0.4 is 0 Å². The summed E-state index contributed by atoms with van der Waals surface area (Å²) < 4.78 is 5.77. The summed E-state index contributed by atoms with van der Waals surface area (Å²) in [6.07, 6.45) is 7.41. The van der Waals surface area contributed by atoms with Crippen LogP contribution in [0.15, 0.2) is 61.1 Å². The van der Waals surface area contributed by atoms with Crippen molar-refractivity contribution in [2.75, 3.05) is 13.2 Å². The van der Waals surface area contributed by atoms with E-state index in [4.69, 9.17) is 4.74 Å². The van der Waals surface area contributed by atoms with Gasteiger partial charge in [-0.3, -0.25) is 14.8 Å². The minimum atomic E-state index is -0.0198. The Labute approximate surface area is 152 Å². The van der Waals surface area contributed by atoms with Crippen molar-refractivity contribution in [2.45, 2.75) is 25.5 Å². The molecule has 1 saturated heterocycles. The van der Waals surface area contributed by atoms with E-state index in [0.29, 0.717) is 18.7 Å². The zero-order chi connectivity index (χ0) is 17.8. The second-order valence-electron chi connectivity index (χ2n) is 6.56. The van der Waals surface area contributed by atoms with Gasteiger partial charge in [-0.15, -0.1) is 0 Å². The van der Waals surface area contributed by atoms with Crippen molar-refractivity contribution in [3.05, 3.63) is 72.2 Å². The topological polar surface area (TPSA) is 55.3 Å². The number of hydrogen-bond donors (Lipinski definition) is 0. The van der Waals surface area contributed by atoms with E-state index in [1.165, 1.54) is 0 Å². The Balaban J connectivity index is 1.66. The summed E-state index contributed by atoms with van der Waals surface area (Å²) in [4.78, 5) is 23.8. The van der Waals surface area contributed by atoms with E-state index < -0.39 is 0 Å². The highest BCUT2D eigenvalue weighted by Gasteiger charge is 2.25. The lowest BCUT2D eigenvalue weighted by atomic mass is 10.1. The van der Waals surface area contributed by atoms with Crippen molar-refractivity contribution < 1.29 is 9.53 Å². The zero-order valence-corrected chi connectivity index (χ0v) is 14.5. The molecule has 3 aromatic rings. The third-order valence-electron chi connectivity index (χ3n) is 4.69. The number of nitrogens with zero attached hydrogens (tertiary/aromatic N) is 3. The number of rotatable bonds is 5. The highest BCUT2D eigenvalue weighted by atomic mass is 16.5. The maximum Gasteiger partial charge on any atom is 0.256 e. The van der Waals surface area contributed by atoms with Crippen LogP contribution >= 0.6 is 0 Å². The minimum Gasteiger partial charge on any atom is -0.376 e. The number of carbonyl (C=O) groups is 1. The smallest absolute Gasteiger partial charge is 0.256 e. The van der Waals surface area contributed by atoms with Crippen LogP contribution in [0, 0.1) is 0 Å². The maximum atomic E-state index is 13.4. The summed E-state index contributed by atoms with van der Waals surface area (Å²) in [5, 5.41) is 0.969. The molecule has 0 N–H and O–H groups in total. The van der Waals surface area contributed by atoms with Crippen molar-refractivity contribution in [1.82, 2.24) is 14.9 Å². The normalized spacial score (nSPS) is 16.7. The number of benzene rings is 1. The molecule has 0 aliphatic carbocycles. The Morgan fingerprint density at radius 1 is 1.15 bits per heavy atom. The van der Waals surface area contributed by atoms with Gasteiger partial charge in [-0.2, -0.15) is 0 Å². The number of fused-ring (bicyclic) bond motifs is 1. The Bertz CT molecular complexity index is 887. The second kappa shape index (κ2) is 7.62. The number of pyridine rings is 2. The molecule has 1 atom stereocenters. The minimum absolute atomic E-state index is 0.0198. The molecular formula is C21H21N3O2. The van der Waals surface area contributed by atoms with Gasteiger partial charge in [0.05, 0.1) is 17.2 Å². The average molecular weight is 347 g/mol. The fourth-order valence-corrected chi connectivity index (χ4v) is 3.41. The summed E-state index contributed by atoms with van der Waals surface area (Å²) in [7, 11) is 0. The van der Waals surface area contributed by atoms with Crippen LogP contribution in [0.5, 0.6) is 0 Å². The monoisotopic (exact) mass is 347 g/mol. The largest absolute Gasteiger partial charge is 0.376 e. The van der Waals surface area contributed by atoms with E-state index in [9.17, 15) is 4.79 Å². The zero-order valence-electron chi connectivity index (χ0n) is 14.5. The first-order valence-corrected chi connectivity index (χ1v) is 8.95. The predicted octanol–water partition coefficient (Wildman–Crippen LogP) is 3.45. The molecule has 0 unspecified atom stereocenters. The van der Waals surface area contributed by atoms with Gasteiger partial charge in [0.1, 0.15) is 0 Å². The molecule has 0 saturated carbocycles. The van der Waals surface area contributed by atoms with Gasteiger partial charge >= 0.3 is 0 Å². The standard InChI is InChI=1S/C21H21N3O2/c25-21(19-9-1-6-17-7-3-11-23-20(17)19)24(15-18-8-4-12-26-18)14-16-5-2-10-22-13-16/h1-3,5-7,9-11,13,18H,4,8,12,14-15H2/t18-/m0/s1. The lowest BCUT2D eigenvalue weighted by Gasteiger charge is -2.26. The summed E-state index contributed by atoms with van der Waals surface area (Å²) >= 11 is 0. The lowest BCUT2D eigenvalue weighted by Crippen LogP contribution is -2.37. The van der Waals surface area contributed by atoms with E-state index in [-0.39, 0.29) is 12.0 Å². The molecule has 0 radical (unpaired) electrons. The van der Waals surface area contributed by atoms with Crippen LogP contribution in [-0.2, 0) is 11.3 Å². The third kappa shape index (κ3) is 3.58. The molecule has 3 heterocycles. The maximum absolute atomic E-state index is 13.4. The number of ether oxygens (including phenoxy) is 1. The van der Waals surface area contributed by atoms with Crippen molar-refractivity contribution in [3.63, 3.8) is 0 Å². The molecule has 0 bridgehead atoms. The highest BCUT2D eigenvalue weighted by molar-refractivity contribution is 6.05. The fraction of sp³-hybridized carbons (Fsp3) is 0.286. The molecule has 4 rings (SSSR count). The second-order valence-corrected chi connectivity index (χ2v) is 6.56. The van der Waals surface area contributed by atoms with Crippen molar-refractivity contribution in [2.24, 2.45) is 0 Å². The summed E-state index contributed by atoms with van der Waals surface area (Å²) in [6, 6.07) is 13.5. The molecule has 5 heteroatoms. The Morgan fingerprint density at radius 3 is 2.85 bits per heavy atom. The van der Waals surface area contributed by atoms with Crippen LogP contribution in [0.1, 0.15) is 28.8 Å². The lowest BCUT2D eigenvalue weighted by molar-refractivity contribution is 0.0508. The summed E-state index contributed by atoms with van der Waals surface area (Å²) in [6.45, 7) is 1.86. The van der Waals surface area contributed by atoms with Crippen LogP contribution in [0.2, 0.25) is 0 Å². The van der Waals surface area contributed by atoms with E-state index in [1.807, 2.05) is 47.4 Å². The van der Waals surface area contributed by atoms with Crippen LogP contribution in [0.3, 0.4) is 0 Å².